The van der Waals surface area contributed by atoms with Crippen molar-refractivity contribution in [1.29, 1.82) is 0 Å². The molecule has 0 aliphatic heterocycles. The molecule has 0 saturated heterocycles. The summed E-state index contributed by atoms with van der Waals surface area (Å²) in [7, 11) is 0. The summed E-state index contributed by atoms with van der Waals surface area (Å²) in [4.78, 5) is 27.5. The first-order valence-corrected chi connectivity index (χ1v) is 8.33. The van der Waals surface area contributed by atoms with Crippen molar-refractivity contribution in [1.82, 2.24) is 19.9 Å². The minimum Gasteiger partial charge on any atom is -0.449 e. The van der Waals surface area contributed by atoms with Gasteiger partial charge in [-0.05, 0) is 6.92 Å². The first-order chi connectivity index (χ1) is 13.1. The van der Waals surface area contributed by atoms with E-state index in [0.29, 0.717) is 28.5 Å². The molecule has 0 aromatic carbocycles. The van der Waals surface area contributed by atoms with E-state index in [0.717, 1.165) is 6.92 Å². The minimum absolute atomic E-state index is 0.172. The molecule has 28 heavy (non-hydrogen) atoms. The number of hydrogen-bond acceptors (Lipinski definition) is 7. The Bertz CT molecular complexity index is 1030. The Morgan fingerprint density at radius 1 is 1.14 bits per heavy atom. The highest BCUT2D eigenvalue weighted by atomic mass is 19.3. The van der Waals surface area contributed by atoms with Gasteiger partial charge in [0.15, 0.2) is 5.89 Å². The van der Waals surface area contributed by atoms with Crippen LogP contribution in [0.1, 0.15) is 31.3 Å². The Morgan fingerprint density at radius 2 is 1.89 bits per heavy atom. The second kappa shape index (κ2) is 7.29. The number of oxazole rings is 1. The summed E-state index contributed by atoms with van der Waals surface area (Å²) in [6.07, 6.45) is 2.95. The summed E-state index contributed by atoms with van der Waals surface area (Å²) < 4.78 is 32.6. The maximum atomic E-state index is 13.7. The Morgan fingerprint density at radius 3 is 2.50 bits per heavy atom. The summed E-state index contributed by atoms with van der Waals surface area (Å²) in [5.41, 5.74) is 1.88. The lowest BCUT2D eigenvalue weighted by Gasteiger charge is -2.14. The number of aryl methyl sites for hydroxylation is 2. The Hall–Kier alpha value is -3.43. The number of amides is 1. The van der Waals surface area contributed by atoms with Gasteiger partial charge in [0.05, 0.1) is 5.69 Å². The molecule has 0 atom stereocenters. The first-order valence-electron chi connectivity index (χ1n) is 8.33. The monoisotopic (exact) mass is 388 g/mol. The van der Waals surface area contributed by atoms with Crippen LogP contribution >= 0.6 is 0 Å². The molecule has 0 saturated carbocycles. The molecule has 3 aromatic rings. The van der Waals surface area contributed by atoms with Crippen LogP contribution in [-0.4, -0.2) is 25.8 Å². The van der Waals surface area contributed by atoms with E-state index in [4.69, 9.17) is 4.42 Å². The van der Waals surface area contributed by atoms with Crippen molar-refractivity contribution < 1.29 is 18.0 Å². The van der Waals surface area contributed by atoms with Gasteiger partial charge in [0, 0.05) is 50.4 Å². The van der Waals surface area contributed by atoms with Crippen molar-refractivity contribution >= 4 is 23.2 Å². The quantitative estimate of drug-likeness (QED) is 0.681. The molecule has 0 aliphatic carbocycles. The highest BCUT2D eigenvalue weighted by molar-refractivity contribution is 5.89. The molecular weight excluding hydrogens is 370 g/mol. The number of anilines is 3. The van der Waals surface area contributed by atoms with Crippen molar-refractivity contribution in [3.8, 4) is 11.3 Å². The zero-order valence-electron chi connectivity index (χ0n) is 15.7. The predicted octanol–water partition coefficient (Wildman–Crippen LogP) is 3.96. The lowest BCUT2D eigenvalue weighted by molar-refractivity contribution is -0.114. The molecule has 2 N–H and O–H groups in total. The van der Waals surface area contributed by atoms with E-state index in [1.54, 1.807) is 19.9 Å². The minimum atomic E-state index is -3.19. The molecule has 10 heteroatoms. The van der Waals surface area contributed by atoms with Crippen LogP contribution < -0.4 is 10.6 Å². The molecule has 3 rings (SSSR count). The van der Waals surface area contributed by atoms with E-state index in [9.17, 15) is 13.6 Å². The number of nitrogens with one attached hydrogen (secondary N) is 2. The van der Waals surface area contributed by atoms with Crippen molar-refractivity contribution in [2.75, 3.05) is 10.6 Å². The van der Waals surface area contributed by atoms with Gasteiger partial charge in [0.25, 0.3) is 0 Å². The van der Waals surface area contributed by atoms with E-state index in [1.807, 2.05) is 0 Å². The van der Waals surface area contributed by atoms with Gasteiger partial charge in [-0.3, -0.25) is 4.79 Å². The van der Waals surface area contributed by atoms with Gasteiger partial charge in [0.1, 0.15) is 23.6 Å². The van der Waals surface area contributed by atoms with E-state index in [-0.39, 0.29) is 17.5 Å². The third kappa shape index (κ3) is 4.45. The molecule has 1 amide bonds. The summed E-state index contributed by atoms with van der Waals surface area (Å²) in [6.45, 7) is 5.38. The standard InChI is InChI=1S/C18H18F2N6O2/c1-9-5-16(26-17(22-9)18(4,19)20)25-13-6-15(23-10(2)27)21-7-12(13)14-8-28-11(3)24-14/h5-8H,1-4H3,(H2,21,22,23,25,26,27). The van der Waals surface area contributed by atoms with Crippen molar-refractivity contribution in [2.45, 2.75) is 33.6 Å². The fourth-order valence-electron chi connectivity index (χ4n) is 2.47. The maximum absolute atomic E-state index is 13.7. The largest absolute Gasteiger partial charge is 0.449 e. The number of rotatable bonds is 5. The fraction of sp³-hybridized carbons (Fsp3) is 0.278. The third-order valence-electron chi connectivity index (χ3n) is 3.61. The van der Waals surface area contributed by atoms with Crippen LogP contribution in [0.4, 0.5) is 26.1 Å². The lowest BCUT2D eigenvalue weighted by atomic mass is 10.1. The van der Waals surface area contributed by atoms with Crippen LogP contribution in [-0.2, 0) is 10.7 Å². The van der Waals surface area contributed by atoms with Crippen molar-refractivity contribution in [3.05, 3.63) is 42.0 Å². The van der Waals surface area contributed by atoms with Crippen molar-refractivity contribution in [3.63, 3.8) is 0 Å². The zero-order chi connectivity index (χ0) is 20.5. The second-order valence-electron chi connectivity index (χ2n) is 6.28. The van der Waals surface area contributed by atoms with E-state index < -0.39 is 11.7 Å². The summed E-state index contributed by atoms with van der Waals surface area (Å²) in [5, 5.41) is 5.57. The topological polar surface area (TPSA) is 106 Å². The lowest BCUT2D eigenvalue weighted by Crippen LogP contribution is -2.14. The van der Waals surface area contributed by atoms with E-state index in [2.05, 4.69) is 30.6 Å². The normalized spacial score (nSPS) is 11.4. The number of alkyl halides is 2. The Kier molecular flexibility index (Phi) is 5.04. The SMILES string of the molecule is CC(=O)Nc1cc(Nc2cc(C)nc(C(C)(F)F)n2)c(-c2coc(C)n2)cn1. The van der Waals surface area contributed by atoms with Gasteiger partial charge in [-0.1, -0.05) is 0 Å². The summed E-state index contributed by atoms with van der Waals surface area (Å²) in [5.74, 6) is -3.16. The van der Waals surface area contributed by atoms with E-state index in [1.165, 1.54) is 25.5 Å². The molecule has 0 radical (unpaired) electrons. The molecule has 3 aromatic heterocycles. The van der Waals surface area contributed by atoms with Crippen LogP contribution in [0.15, 0.2) is 29.0 Å². The van der Waals surface area contributed by atoms with Crippen LogP contribution in [0, 0.1) is 13.8 Å². The first kappa shape index (κ1) is 19.3. The van der Waals surface area contributed by atoms with Crippen LogP contribution in [0.5, 0.6) is 0 Å². The molecule has 146 valence electrons. The molecule has 0 aliphatic rings. The third-order valence-corrected chi connectivity index (χ3v) is 3.61. The van der Waals surface area contributed by atoms with E-state index >= 15 is 0 Å². The number of hydrogen-bond donors (Lipinski definition) is 2. The molecule has 8 nitrogen and oxygen atoms in total. The van der Waals surface area contributed by atoms with Gasteiger partial charge in [-0.2, -0.15) is 8.78 Å². The molecule has 0 spiro atoms. The van der Waals surface area contributed by atoms with Crippen LogP contribution in [0.3, 0.4) is 0 Å². The number of aromatic nitrogens is 4. The van der Waals surface area contributed by atoms with Gasteiger partial charge in [-0.25, -0.2) is 19.9 Å². The summed E-state index contributed by atoms with van der Waals surface area (Å²) >= 11 is 0. The van der Waals surface area contributed by atoms with Crippen molar-refractivity contribution in [2.24, 2.45) is 0 Å². The number of pyridine rings is 1. The summed E-state index contributed by atoms with van der Waals surface area (Å²) in [6, 6.07) is 3.09. The zero-order valence-corrected chi connectivity index (χ0v) is 15.7. The van der Waals surface area contributed by atoms with Crippen LogP contribution in [0.2, 0.25) is 0 Å². The average Bonchev–Trinajstić information content (AvgIpc) is 2.99. The Labute approximate surface area is 159 Å². The van der Waals surface area contributed by atoms with Gasteiger partial charge >= 0.3 is 5.92 Å². The molecule has 0 fully saturated rings. The van der Waals surface area contributed by atoms with Crippen LogP contribution in [0.25, 0.3) is 11.3 Å². The van der Waals surface area contributed by atoms with Gasteiger partial charge in [0.2, 0.25) is 11.7 Å². The molecule has 0 bridgehead atoms. The Balaban J connectivity index is 2.06. The molecular formula is C18H18F2N6O2. The van der Waals surface area contributed by atoms with Gasteiger partial charge in [-0.15, -0.1) is 0 Å². The fourth-order valence-corrected chi connectivity index (χ4v) is 2.47. The average molecular weight is 388 g/mol. The maximum Gasteiger partial charge on any atom is 0.303 e. The van der Waals surface area contributed by atoms with Gasteiger partial charge < -0.3 is 15.1 Å². The number of carbonyl (C=O) groups is 1. The smallest absolute Gasteiger partial charge is 0.303 e. The number of carbonyl (C=O) groups excluding carboxylic acids is 1. The highest BCUT2D eigenvalue weighted by Crippen LogP contribution is 2.32. The second-order valence-corrected chi connectivity index (χ2v) is 6.28. The predicted molar refractivity (Wildman–Crippen MR) is 98.4 cm³/mol. The number of nitrogens with zero attached hydrogens (tertiary/aromatic N) is 4. The molecule has 0 unspecified atom stereocenters. The highest BCUT2D eigenvalue weighted by Gasteiger charge is 2.29. The molecule has 3 heterocycles. The number of halogens is 2.